The maximum atomic E-state index is 11.2. The fourth-order valence-corrected chi connectivity index (χ4v) is 2.01. The van der Waals surface area contributed by atoms with Gasteiger partial charge in [-0.2, -0.15) is 0 Å². The third-order valence-corrected chi connectivity index (χ3v) is 3.14. The Morgan fingerprint density at radius 3 is 2.94 bits per heavy atom. The van der Waals surface area contributed by atoms with Gasteiger partial charge in [0.1, 0.15) is 0 Å². The molecule has 0 aromatic carbocycles. The minimum Gasteiger partial charge on any atom is -0.467 e. The lowest BCUT2D eigenvalue weighted by Gasteiger charge is -2.20. The van der Waals surface area contributed by atoms with Crippen LogP contribution >= 0.6 is 11.3 Å². The number of rotatable bonds is 6. The number of carbonyl (C=O) groups excluding carboxylic acids is 1. The molecule has 1 rings (SSSR count). The Hall–Kier alpha value is -0.980. The quantitative estimate of drug-likeness (QED) is 0.574. The van der Waals surface area contributed by atoms with E-state index >= 15 is 0 Å². The average molecular weight is 258 g/mol. The predicted molar refractivity (Wildman–Crippen MR) is 66.1 cm³/mol. The molecule has 1 aromatic rings. The van der Waals surface area contributed by atoms with Crippen LogP contribution in [0.25, 0.3) is 0 Å². The van der Waals surface area contributed by atoms with Crippen LogP contribution in [0.5, 0.6) is 0 Å². The summed E-state index contributed by atoms with van der Waals surface area (Å²) in [6.07, 6.45) is 0.779. The molecule has 17 heavy (non-hydrogen) atoms. The highest BCUT2D eigenvalue weighted by Crippen LogP contribution is 2.08. The van der Waals surface area contributed by atoms with Gasteiger partial charge in [0.05, 0.1) is 17.8 Å². The molecule has 0 amide bonds. The number of thiazole rings is 1. The van der Waals surface area contributed by atoms with Gasteiger partial charge < -0.3 is 15.2 Å². The van der Waals surface area contributed by atoms with Crippen LogP contribution in [-0.2, 0) is 16.0 Å². The summed E-state index contributed by atoms with van der Waals surface area (Å²) in [6, 6.07) is 0. The monoisotopic (exact) mass is 258 g/mol. The fraction of sp³-hybridized carbons (Fsp3) is 0.636. The Bertz CT molecular complexity index is 377. The number of carbonyl (C=O) groups is 1. The number of ether oxygens (including phenoxy) is 1. The molecular weight excluding hydrogens is 240 g/mol. The van der Waals surface area contributed by atoms with Gasteiger partial charge in [-0.25, -0.2) is 9.78 Å². The largest absolute Gasteiger partial charge is 0.467 e. The van der Waals surface area contributed by atoms with E-state index in [1.165, 1.54) is 14.0 Å². The molecule has 0 aliphatic rings. The van der Waals surface area contributed by atoms with Gasteiger partial charge in [-0.05, 0) is 13.8 Å². The third-order valence-electron chi connectivity index (χ3n) is 2.32. The SMILES string of the molecule is COC(=O)C(C)(O)CNCCc1csc(C)n1. The highest BCUT2D eigenvalue weighted by Gasteiger charge is 2.30. The normalized spacial score (nSPS) is 14.4. The first-order chi connectivity index (χ1) is 7.95. The average Bonchev–Trinajstić information content (AvgIpc) is 2.69. The second kappa shape index (κ2) is 6.09. The molecule has 2 N–H and O–H groups in total. The van der Waals surface area contributed by atoms with Crippen molar-refractivity contribution < 1.29 is 14.6 Å². The molecule has 0 radical (unpaired) electrons. The molecule has 0 bridgehead atoms. The Balaban J connectivity index is 2.26. The van der Waals surface area contributed by atoms with Crippen LogP contribution in [0.3, 0.4) is 0 Å². The molecule has 0 fully saturated rings. The number of hydrogen-bond donors (Lipinski definition) is 2. The number of aromatic nitrogens is 1. The molecule has 0 aliphatic heterocycles. The van der Waals surface area contributed by atoms with E-state index in [0.717, 1.165) is 17.1 Å². The van der Waals surface area contributed by atoms with E-state index in [2.05, 4.69) is 15.0 Å². The molecule has 1 heterocycles. The molecule has 1 aromatic heterocycles. The minimum atomic E-state index is -1.48. The van der Waals surface area contributed by atoms with Crippen molar-refractivity contribution in [3.63, 3.8) is 0 Å². The van der Waals surface area contributed by atoms with Gasteiger partial charge in [-0.15, -0.1) is 11.3 Å². The molecule has 0 spiro atoms. The number of nitrogens with zero attached hydrogens (tertiary/aromatic N) is 1. The fourth-order valence-electron chi connectivity index (χ4n) is 1.36. The maximum Gasteiger partial charge on any atom is 0.338 e. The summed E-state index contributed by atoms with van der Waals surface area (Å²) in [6.45, 7) is 4.22. The third kappa shape index (κ3) is 4.41. The van der Waals surface area contributed by atoms with E-state index in [1.807, 2.05) is 12.3 Å². The number of nitrogens with one attached hydrogen (secondary N) is 1. The smallest absolute Gasteiger partial charge is 0.338 e. The van der Waals surface area contributed by atoms with Crippen molar-refractivity contribution in [3.8, 4) is 0 Å². The first-order valence-corrected chi connectivity index (χ1v) is 6.26. The lowest BCUT2D eigenvalue weighted by Crippen LogP contribution is -2.46. The van der Waals surface area contributed by atoms with E-state index < -0.39 is 11.6 Å². The van der Waals surface area contributed by atoms with Crippen molar-refractivity contribution in [2.75, 3.05) is 20.2 Å². The standard InChI is InChI=1S/C11H18N2O3S/c1-8-13-9(6-17-8)4-5-12-7-11(2,15)10(14)16-3/h6,12,15H,4-5,7H2,1-3H3. The van der Waals surface area contributed by atoms with Gasteiger partial charge in [-0.3, -0.25) is 0 Å². The van der Waals surface area contributed by atoms with E-state index in [-0.39, 0.29) is 6.54 Å². The Morgan fingerprint density at radius 1 is 1.71 bits per heavy atom. The Kier molecular flexibility index (Phi) is 5.04. The molecule has 0 saturated heterocycles. The highest BCUT2D eigenvalue weighted by atomic mass is 32.1. The van der Waals surface area contributed by atoms with E-state index in [1.54, 1.807) is 11.3 Å². The highest BCUT2D eigenvalue weighted by molar-refractivity contribution is 7.09. The number of hydrogen-bond acceptors (Lipinski definition) is 6. The predicted octanol–water partition coefficient (Wildman–Crippen LogP) is 0.508. The first-order valence-electron chi connectivity index (χ1n) is 5.38. The van der Waals surface area contributed by atoms with E-state index in [0.29, 0.717) is 6.54 Å². The topological polar surface area (TPSA) is 71.5 Å². The zero-order chi connectivity index (χ0) is 12.9. The van der Waals surface area contributed by atoms with Crippen LogP contribution in [0.4, 0.5) is 0 Å². The minimum absolute atomic E-state index is 0.169. The van der Waals surface area contributed by atoms with Gasteiger partial charge in [0.2, 0.25) is 0 Å². The van der Waals surface area contributed by atoms with Crippen LogP contribution < -0.4 is 5.32 Å². The van der Waals surface area contributed by atoms with Crippen molar-refractivity contribution >= 4 is 17.3 Å². The molecule has 0 saturated carbocycles. The van der Waals surface area contributed by atoms with Crippen LogP contribution in [0.15, 0.2) is 5.38 Å². The van der Waals surface area contributed by atoms with Crippen molar-refractivity contribution in [2.24, 2.45) is 0 Å². The molecule has 96 valence electrons. The summed E-state index contributed by atoms with van der Waals surface area (Å²) in [4.78, 5) is 15.5. The Labute approximate surface area is 105 Å². The summed E-state index contributed by atoms with van der Waals surface area (Å²) >= 11 is 1.61. The summed E-state index contributed by atoms with van der Waals surface area (Å²) in [5.41, 5.74) is -0.454. The molecule has 1 atom stereocenters. The van der Waals surface area contributed by atoms with Gasteiger partial charge in [0, 0.05) is 24.9 Å². The molecule has 0 aliphatic carbocycles. The number of aliphatic hydroxyl groups is 1. The number of aryl methyl sites for hydroxylation is 1. The van der Waals surface area contributed by atoms with E-state index in [4.69, 9.17) is 0 Å². The first kappa shape index (κ1) is 14.1. The van der Waals surface area contributed by atoms with Crippen LogP contribution in [0.2, 0.25) is 0 Å². The summed E-state index contributed by atoms with van der Waals surface area (Å²) in [5.74, 6) is -0.630. The summed E-state index contributed by atoms with van der Waals surface area (Å²) in [5, 5.41) is 15.8. The van der Waals surface area contributed by atoms with Crippen molar-refractivity contribution in [2.45, 2.75) is 25.9 Å². The second-order valence-electron chi connectivity index (χ2n) is 4.05. The van der Waals surface area contributed by atoms with Gasteiger partial charge in [-0.1, -0.05) is 0 Å². The molecule has 6 heteroatoms. The van der Waals surface area contributed by atoms with E-state index in [9.17, 15) is 9.90 Å². The summed E-state index contributed by atoms with van der Waals surface area (Å²) < 4.78 is 4.49. The number of esters is 1. The maximum absolute atomic E-state index is 11.2. The van der Waals surface area contributed by atoms with Crippen molar-refractivity contribution in [3.05, 3.63) is 16.1 Å². The molecular formula is C11H18N2O3S. The van der Waals surface area contributed by atoms with Crippen LogP contribution in [-0.4, -0.2) is 41.9 Å². The van der Waals surface area contributed by atoms with Crippen molar-refractivity contribution in [1.29, 1.82) is 0 Å². The lowest BCUT2D eigenvalue weighted by molar-refractivity contribution is -0.159. The zero-order valence-corrected chi connectivity index (χ0v) is 11.1. The molecule has 1 unspecified atom stereocenters. The van der Waals surface area contributed by atoms with Gasteiger partial charge in [0.25, 0.3) is 0 Å². The second-order valence-corrected chi connectivity index (χ2v) is 5.11. The molecule has 5 nitrogen and oxygen atoms in total. The number of methoxy groups -OCH3 is 1. The van der Waals surface area contributed by atoms with Crippen LogP contribution in [0, 0.1) is 6.92 Å². The van der Waals surface area contributed by atoms with Gasteiger partial charge in [0.15, 0.2) is 5.60 Å². The van der Waals surface area contributed by atoms with Crippen LogP contribution in [0.1, 0.15) is 17.6 Å². The lowest BCUT2D eigenvalue weighted by atomic mass is 10.1. The zero-order valence-electron chi connectivity index (χ0n) is 10.3. The Morgan fingerprint density at radius 2 is 2.41 bits per heavy atom. The van der Waals surface area contributed by atoms with Gasteiger partial charge >= 0.3 is 5.97 Å². The van der Waals surface area contributed by atoms with Crippen molar-refractivity contribution in [1.82, 2.24) is 10.3 Å². The summed E-state index contributed by atoms with van der Waals surface area (Å²) in [7, 11) is 1.26.